The number of aliphatic carboxylic acids is 1. The van der Waals surface area contributed by atoms with Crippen molar-refractivity contribution in [3.8, 4) is 0 Å². The van der Waals surface area contributed by atoms with Gasteiger partial charge in [0.2, 0.25) is 0 Å². The quantitative estimate of drug-likeness (QED) is 0.0195. The summed E-state index contributed by atoms with van der Waals surface area (Å²) in [6.45, 7) is 4.74. The third-order valence-electron chi connectivity index (χ3n) is 12.7. The normalized spacial score (nSPS) is 12.9. The first-order valence-corrected chi connectivity index (χ1v) is 28.5. The van der Waals surface area contributed by atoms with Crippen LogP contribution in [0.25, 0.3) is 0 Å². The summed E-state index contributed by atoms with van der Waals surface area (Å²) in [6.07, 6.45) is 55.4. The van der Waals surface area contributed by atoms with Crippen LogP contribution in [0.3, 0.4) is 0 Å². The first-order valence-electron chi connectivity index (χ1n) is 28.5. The van der Waals surface area contributed by atoms with Crippen molar-refractivity contribution in [1.29, 1.82) is 0 Å². The third-order valence-corrected chi connectivity index (χ3v) is 12.7. The number of likely N-dealkylation sites (N-methyl/N-ethyl adjacent to an activating group) is 1. The van der Waals surface area contributed by atoms with Crippen LogP contribution in [-0.4, -0.2) is 82.3 Å². The van der Waals surface area contributed by atoms with Crippen molar-refractivity contribution in [2.24, 2.45) is 0 Å². The molecule has 0 aromatic heterocycles. The minimum absolute atomic E-state index is 0.151. The highest BCUT2D eigenvalue weighted by molar-refractivity contribution is 5.70. The van der Waals surface area contributed by atoms with Crippen LogP contribution in [0.1, 0.15) is 271 Å². The molecule has 2 atom stereocenters. The highest BCUT2D eigenvalue weighted by Gasteiger charge is 2.22. The van der Waals surface area contributed by atoms with Crippen LogP contribution in [0.15, 0.2) is 24.3 Å². The second-order valence-electron chi connectivity index (χ2n) is 20.6. The molecule has 0 aromatic carbocycles. The van der Waals surface area contributed by atoms with Gasteiger partial charge in [-0.25, -0.2) is 0 Å². The lowest BCUT2D eigenvalue weighted by Gasteiger charge is -2.26. The van der Waals surface area contributed by atoms with Gasteiger partial charge in [0.25, 0.3) is 0 Å². The van der Waals surface area contributed by atoms with E-state index in [1.807, 2.05) is 21.1 Å². The van der Waals surface area contributed by atoms with Gasteiger partial charge >= 0.3 is 11.9 Å². The van der Waals surface area contributed by atoms with E-state index in [1.54, 1.807) is 0 Å². The van der Waals surface area contributed by atoms with Crippen LogP contribution in [0, 0.1) is 0 Å². The molecule has 394 valence electrons. The molecular formula is C58H109NO8. The maximum absolute atomic E-state index is 12.8. The number of carboxylic acids is 1. The molecule has 0 heterocycles. The molecule has 2 unspecified atom stereocenters. The third kappa shape index (κ3) is 51.4. The number of nitrogens with zero attached hydrogens (tertiary/aromatic N) is 1. The summed E-state index contributed by atoms with van der Waals surface area (Å²) in [5.74, 6) is -2.27. The fourth-order valence-electron chi connectivity index (χ4n) is 8.27. The number of ether oxygens (including phenoxy) is 4. The van der Waals surface area contributed by atoms with Gasteiger partial charge < -0.3 is 33.3 Å². The van der Waals surface area contributed by atoms with E-state index in [0.717, 1.165) is 44.9 Å². The van der Waals surface area contributed by atoms with Gasteiger partial charge in [0.1, 0.15) is 13.2 Å². The minimum Gasteiger partial charge on any atom is -0.545 e. The van der Waals surface area contributed by atoms with Gasteiger partial charge in [-0.1, -0.05) is 237 Å². The zero-order valence-electron chi connectivity index (χ0n) is 44.8. The summed E-state index contributed by atoms with van der Waals surface area (Å²) in [4.78, 5) is 37.0. The molecule has 9 heteroatoms. The van der Waals surface area contributed by atoms with E-state index in [-0.39, 0.29) is 32.2 Å². The summed E-state index contributed by atoms with van der Waals surface area (Å²) in [6, 6.07) is 0. The first kappa shape index (κ1) is 64.8. The largest absolute Gasteiger partial charge is 0.545 e. The number of esters is 2. The van der Waals surface area contributed by atoms with E-state index in [4.69, 9.17) is 18.9 Å². The predicted molar refractivity (Wildman–Crippen MR) is 279 cm³/mol. The van der Waals surface area contributed by atoms with E-state index in [0.29, 0.717) is 17.4 Å². The number of quaternary nitrogens is 1. The van der Waals surface area contributed by atoms with Gasteiger partial charge in [0.15, 0.2) is 12.4 Å². The topological polar surface area (TPSA) is 111 Å². The Hall–Kier alpha value is -2.23. The van der Waals surface area contributed by atoms with Crippen molar-refractivity contribution < 1.29 is 42.9 Å². The van der Waals surface area contributed by atoms with Crippen molar-refractivity contribution in [1.82, 2.24) is 0 Å². The summed E-state index contributed by atoms with van der Waals surface area (Å²) < 4.78 is 22.6. The van der Waals surface area contributed by atoms with Gasteiger partial charge in [-0.05, 0) is 44.9 Å². The maximum Gasteiger partial charge on any atom is 0.306 e. The van der Waals surface area contributed by atoms with Crippen molar-refractivity contribution in [2.45, 2.75) is 283 Å². The van der Waals surface area contributed by atoms with Crippen LogP contribution in [0.4, 0.5) is 0 Å². The van der Waals surface area contributed by atoms with Gasteiger partial charge in [-0.15, -0.1) is 0 Å². The Bertz CT molecular complexity index is 1150. The van der Waals surface area contributed by atoms with Crippen LogP contribution < -0.4 is 5.11 Å². The van der Waals surface area contributed by atoms with Gasteiger partial charge in [0, 0.05) is 12.8 Å². The number of carbonyl (C=O) groups is 3. The minimum atomic E-state index is -1.61. The van der Waals surface area contributed by atoms with Crippen molar-refractivity contribution in [3.63, 3.8) is 0 Å². The lowest BCUT2D eigenvalue weighted by molar-refractivity contribution is -0.870. The fourth-order valence-corrected chi connectivity index (χ4v) is 8.27. The Labute approximate surface area is 414 Å². The number of hydrogen-bond acceptors (Lipinski definition) is 8. The zero-order valence-corrected chi connectivity index (χ0v) is 44.8. The molecule has 0 saturated carbocycles. The molecule has 0 bridgehead atoms. The Morgan fingerprint density at radius 1 is 0.448 bits per heavy atom. The van der Waals surface area contributed by atoms with Crippen molar-refractivity contribution in [3.05, 3.63) is 24.3 Å². The average molecular weight is 949 g/mol. The molecule has 0 spiro atoms. The summed E-state index contributed by atoms with van der Waals surface area (Å²) in [5.41, 5.74) is 0. The van der Waals surface area contributed by atoms with Crippen LogP contribution in [0.5, 0.6) is 0 Å². The molecule has 0 aliphatic heterocycles. The second-order valence-corrected chi connectivity index (χ2v) is 20.6. The van der Waals surface area contributed by atoms with Crippen LogP contribution in [0.2, 0.25) is 0 Å². The molecule has 0 aliphatic carbocycles. The fraction of sp³-hybridized carbons (Fsp3) is 0.879. The number of allylic oxidation sites excluding steroid dienone is 4. The smallest absolute Gasteiger partial charge is 0.306 e. The molecule has 0 amide bonds. The maximum atomic E-state index is 12.8. The standard InChI is InChI=1S/C58H109NO8/c1-6-8-10-12-14-16-17-18-19-20-21-22-23-24-25-26-27-28-29-30-31-32-33-34-35-36-37-38-39-41-43-45-47-49-56(61)67-54(53-66-58(57(62)63)64-51-50-59(3,4)5)52-65-55(60)48-46-44-42-40-15-13-11-9-7-2/h17-18,20-21,54,58H,6-16,19,22-53H2,1-5H3/b18-17-,21-20-. The number of unbranched alkanes of at least 4 members (excludes halogenated alkanes) is 34. The van der Waals surface area contributed by atoms with Gasteiger partial charge in [-0.2, -0.15) is 0 Å². The monoisotopic (exact) mass is 948 g/mol. The molecule has 67 heavy (non-hydrogen) atoms. The molecule has 0 N–H and O–H groups in total. The van der Waals surface area contributed by atoms with E-state index in [9.17, 15) is 19.5 Å². The number of hydrogen-bond donors (Lipinski definition) is 0. The lowest BCUT2D eigenvalue weighted by atomic mass is 10.0. The molecule has 0 aromatic rings. The van der Waals surface area contributed by atoms with E-state index >= 15 is 0 Å². The highest BCUT2D eigenvalue weighted by Crippen LogP contribution is 2.17. The Morgan fingerprint density at radius 2 is 0.806 bits per heavy atom. The zero-order chi connectivity index (χ0) is 49.2. The predicted octanol–water partition coefficient (Wildman–Crippen LogP) is 15.0. The molecule has 0 saturated heterocycles. The molecule has 0 radical (unpaired) electrons. The molecule has 0 rings (SSSR count). The van der Waals surface area contributed by atoms with Crippen molar-refractivity contribution in [2.75, 3.05) is 47.5 Å². The van der Waals surface area contributed by atoms with Gasteiger partial charge in [-0.3, -0.25) is 9.59 Å². The van der Waals surface area contributed by atoms with Crippen LogP contribution >= 0.6 is 0 Å². The molecule has 0 fully saturated rings. The summed E-state index contributed by atoms with van der Waals surface area (Å²) >= 11 is 0. The van der Waals surface area contributed by atoms with Crippen LogP contribution in [-0.2, 0) is 33.3 Å². The van der Waals surface area contributed by atoms with E-state index in [1.165, 1.54) is 199 Å². The average Bonchev–Trinajstić information content (AvgIpc) is 3.29. The molecule has 9 nitrogen and oxygen atoms in total. The van der Waals surface area contributed by atoms with E-state index in [2.05, 4.69) is 38.2 Å². The number of carbonyl (C=O) groups excluding carboxylic acids is 3. The first-order chi connectivity index (χ1) is 32.6. The SMILES string of the molecule is CCCCCCC/C=C\C/C=C\CCCCCCCCCCCCCCCCCCCCCCCC(=O)OC(COC(=O)CCCCCCCCCCC)COC(OCC[N+](C)(C)C)C(=O)[O-]. The van der Waals surface area contributed by atoms with Crippen molar-refractivity contribution >= 4 is 17.9 Å². The Balaban J connectivity index is 3.97. The van der Waals surface area contributed by atoms with Gasteiger partial charge in [0.05, 0.1) is 40.3 Å². The molecule has 0 aliphatic rings. The second kappa shape index (κ2) is 50.2. The highest BCUT2D eigenvalue weighted by atomic mass is 16.7. The molecular weight excluding hydrogens is 839 g/mol. The lowest BCUT2D eigenvalue weighted by Crippen LogP contribution is -2.44. The number of carboxylic acid groups (broad SMARTS) is 1. The Kier molecular flexibility index (Phi) is 48.5. The summed E-state index contributed by atoms with van der Waals surface area (Å²) in [7, 11) is 5.92. The summed E-state index contributed by atoms with van der Waals surface area (Å²) in [5, 5.41) is 11.7. The van der Waals surface area contributed by atoms with E-state index < -0.39 is 24.3 Å². The number of rotatable bonds is 53. The Morgan fingerprint density at radius 3 is 1.18 bits per heavy atom.